The van der Waals surface area contributed by atoms with Gasteiger partial charge >= 0.3 is 5.97 Å². The molecule has 5 nitrogen and oxygen atoms in total. The number of carbonyl (C=O) groups is 2. The van der Waals surface area contributed by atoms with Crippen molar-refractivity contribution >= 4 is 34.3 Å². The Kier molecular flexibility index (Phi) is 3.49. The van der Waals surface area contributed by atoms with E-state index in [1.54, 1.807) is 12.1 Å². The van der Waals surface area contributed by atoms with Gasteiger partial charge in [0.1, 0.15) is 19.0 Å². The number of hydrogen-bond acceptors (Lipinski definition) is 5. The molecule has 1 unspecified atom stereocenters. The third-order valence-electron chi connectivity index (χ3n) is 4.15. The standard InChI is InChI=1S/C16H11FINO4/c17-8-2-1-7(3-9(8)18)13-14-10(4-22-6-12(14)20)19-11-5-23-16(21)15(11)13/h1-3,13,19H,4-6H2/i18-2. The van der Waals surface area contributed by atoms with E-state index in [-0.39, 0.29) is 31.4 Å². The molecule has 0 bridgehead atoms. The number of carbonyl (C=O) groups excluding carboxylic acids is 2. The van der Waals surface area contributed by atoms with Gasteiger partial charge in [-0.1, -0.05) is 6.07 Å². The Labute approximate surface area is 144 Å². The van der Waals surface area contributed by atoms with E-state index in [0.717, 1.165) is 0 Å². The normalized spacial score (nSPS) is 23.5. The van der Waals surface area contributed by atoms with Crippen molar-refractivity contribution in [3.05, 3.63) is 55.7 Å². The van der Waals surface area contributed by atoms with E-state index >= 15 is 0 Å². The Bertz CT molecular complexity index is 814. The molecule has 1 atom stereocenters. The predicted molar refractivity (Wildman–Crippen MR) is 85.8 cm³/mol. The molecule has 0 aromatic heterocycles. The highest BCUT2D eigenvalue weighted by molar-refractivity contribution is 14.1. The monoisotopic (exact) mass is 425 g/mol. The van der Waals surface area contributed by atoms with Gasteiger partial charge in [-0.3, -0.25) is 4.79 Å². The number of Topliss-reactive ketones (excluding diaryl/α,β-unsaturated/α-hetero) is 1. The van der Waals surface area contributed by atoms with E-state index in [2.05, 4.69) is 5.32 Å². The minimum absolute atomic E-state index is 0.0209. The number of cyclic esters (lactones) is 1. The fourth-order valence-corrected chi connectivity index (χ4v) is 3.71. The second-order valence-corrected chi connectivity index (χ2v) is 6.67. The number of nitrogens with one attached hydrogen (secondary N) is 1. The summed E-state index contributed by atoms with van der Waals surface area (Å²) < 4.78 is 24.4. The average Bonchev–Trinajstić information content (AvgIpc) is 2.90. The number of halogens is 2. The molecule has 7 heteroatoms. The molecule has 3 aliphatic rings. The molecule has 0 saturated heterocycles. The Balaban J connectivity index is 1.91. The first-order valence-electron chi connectivity index (χ1n) is 7.02. The lowest BCUT2D eigenvalue weighted by Gasteiger charge is -2.31. The second kappa shape index (κ2) is 5.41. The van der Waals surface area contributed by atoms with Crippen molar-refractivity contribution < 1.29 is 23.5 Å². The lowest BCUT2D eigenvalue weighted by molar-refractivity contribution is -0.136. The van der Waals surface area contributed by atoms with Crippen LogP contribution in [0.2, 0.25) is 0 Å². The number of esters is 1. The summed E-state index contributed by atoms with van der Waals surface area (Å²) in [5, 5.41) is 3.10. The van der Waals surface area contributed by atoms with Crippen LogP contribution in [-0.2, 0) is 19.1 Å². The van der Waals surface area contributed by atoms with Crippen LogP contribution in [0.5, 0.6) is 0 Å². The highest BCUT2D eigenvalue weighted by atomic mass is 125. The van der Waals surface area contributed by atoms with Gasteiger partial charge in [0.15, 0.2) is 5.78 Å². The fraction of sp³-hybridized carbons (Fsp3) is 0.250. The number of ether oxygens (including phenoxy) is 2. The van der Waals surface area contributed by atoms with Gasteiger partial charge in [-0.15, -0.1) is 0 Å². The topological polar surface area (TPSA) is 64.6 Å². The maximum absolute atomic E-state index is 13.6. The number of benzene rings is 1. The van der Waals surface area contributed by atoms with Crippen molar-refractivity contribution in [3.63, 3.8) is 0 Å². The summed E-state index contributed by atoms with van der Waals surface area (Å²) in [5.41, 5.74) is 2.95. The van der Waals surface area contributed by atoms with Crippen LogP contribution in [0.25, 0.3) is 0 Å². The SMILES string of the molecule is O=C1COCC2=C1C(c1ccc(F)c([125I])c1)C1=C(COC1=O)N2. The quantitative estimate of drug-likeness (QED) is 0.549. The van der Waals surface area contributed by atoms with Gasteiger partial charge in [0.05, 0.1) is 17.9 Å². The van der Waals surface area contributed by atoms with Crippen molar-refractivity contribution in [3.8, 4) is 0 Å². The average molecular weight is 425 g/mol. The van der Waals surface area contributed by atoms with E-state index in [9.17, 15) is 14.0 Å². The smallest absolute Gasteiger partial charge is 0.337 e. The molecule has 0 fully saturated rings. The Hall–Kier alpha value is -1.74. The summed E-state index contributed by atoms with van der Waals surface area (Å²) in [5.74, 6) is -1.49. The zero-order valence-corrected chi connectivity index (χ0v) is 14.0. The first-order valence-corrected chi connectivity index (χ1v) is 8.10. The van der Waals surface area contributed by atoms with Crippen molar-refractivity contribution in [2.24, 2.45) is 0 Å². The molecular formula is C16H11FINO4. The van der Waals surface area contributed by atoms with Crippen molar-refractivity contribution in [1.29, 1.82) is 0 Å². The molecular weight excluding hydrogens is 414 g/mol. The minimum atomic E-state index is -0.540. The number of hydrogen-bond donors (Lipinski definition) is 1. The largest absolute Gasteiger partial charge is 0.456 e. The van der Waals surface area contributed by atoms with Crippen LogP contribution >= 0.6 is 22.6 Å². The lowest BCUT2D eigenvalue weighted by Crippen LogP contribution is -2.37. The molecule has 0 radical (unpaired) electrons. The molecule has 1 N–H and O–H groups in total. The van der Waals surface area contributed by atoms with Gasteiger partial charge in [-0.05, 0) is 40.3 Å². The molecule has 3 heterocycles. The molecule has 0 amide bonds. The highest BCUT2D eigenvalue weighted by Crippen LogP contribution is 2.42. The van der Waals surface area contributed by atoms with Crippen LogP contribution in [0.15, 0.2) is 40.7 Å². The molecule has 23 heavy (non-hydrogen) atoms. The maximum Gasteiger partial charge on any atom is 0.337 e. The number of dihydropyridines is 1. The molecule has 1 aromatic carbocycles. The summed E-state index contributed by atoms with van der Waals surface area (Å²) >= 11 is 1.90. The first kappa shape index (κ1) is 14.8. The van der Waals surface area contributed by atoms with Gasteiger partial charge in [-0.2, -0.15) is 0 Å². The first-order chi connectivity index (χ1) is 11.1. The van der Waals surface area contributed by atoms with Crippen LogP contribution in [-0.4, -0.2) is 31.6 Å². The van der Waals surface area contributed by atoms with E-state index in [4.69, 9.17) is 9.47 Å². The zero-order chi connectivity index (χ0) is 16.1. The Morgan fingerprint density at radius 2 is 1.91 bits per heavy atom. The van der Waals surface area contributed by atoms with Crippen molar-refractivity contribution in [1.82, 2.24) is 5.32 Å². The summed E-state index contributed by atoms with van der Waals surface area (Å²) in [7, 11) is 0. The summed E-state index contributed by atoms with van der Waals surface area (Å²) in [6.45, 7) is 0.404. The Morgan fingerprint density at radius 1 is 1.13 bits per heavy atom. The molecule has 0 saturated carbocycles. The zero-order valence-electron chi connectivity index (χ0n) is 11.8. The van der Waals surface area contributed by atoms with Crippen LogP contribution in [0, 0.1) is 9.39 Å². The van der Waals surface area contributed by atoms with Gasteiger partial charge in [-0.25, -0.2) is 9.18 Å². The minimum Gasteiger partial charge on any atom is -0.456 e. The van der Waals surface area contributed by atoms with Crippen LogP contribution in [0.4, 0.5) is 4.39 Å². The van der Waals surface area contributed by atoms with Crippen LogP contribution in [0.3, 0.4) is 0 Å². The van der Waals surface area contributed by atoms with E-state index in [0.29, 0.717) is 31.7 Å². The predicted octanol–water partition coefficient (Wildman–Crippen LogP) is 1.78. The summed E-state index contributed by atoms with van der Waals surface area (Å²) in [6, 6.07) is 4.62. The van der Waals surface area contributed by atoms with Crippen molar-refractivity contribution in [2.45, 2.75) is 5.92 Å². The molecule has 1 aromatic rings. The molecule has 0 aliphatic carbocycles. The van der Waals surface area contributed by atoms with Gasteiger partial charge < -0.3 is 14.8 Å². The molecule has 3 aliphatic heterocycles. The van der Waals surface area contributed by atoms with Crippen LogP contribution in [0.1, 0.15) is 11.5 Å². The lowest BCUT2D eigenvalue weighted by atomic mass is 9.78. The second-order valence-electron chi connectivity index (χ2n) is 5.51. The van der Waals surface area contributed by atoms with Crippen molar-refractivity contribution in [2.75, 3.05) is 19.8 Å². The van der Waals surface area contributed by atoms with Gasteiger partial charge in [0.25, 0.3) is 0 Å². The molecule has 118 valence electrons. The third kappa shape index (κ3) is 2.29. The molecule has 4 rings (SSSR count). The van der Waals surface area contributed by atoms with E-state index < -0.39 is 11.9 Å². The van der Waals surface area contributed by atoms with Crippen LogP contribution < -0.4 is 5.32 Å². The highest BCUT2D eigenvalue weighted by Gasteiger charge is 2.43. The fourth-order valence-electron chi connectivity index (χ4n) is 3.17. The van der Waals surface area contributed by atoms with E-state index in [1.807, 2.05) is 22.6 Å². The summed E-state index contributed by atoms with van der Waals surface area (Å²) in [4.78, 5) is 24.5. The molecule has 0 spiro atoms. The van der Waals surface area contributed by atoms with Gasteiger partial charge in [0.2, 0.25) is 0 Å². The maximum atomic E-state index is 13.6. The van der Waals surface area contributed by atoms with Gasteiger partial charge in [0, 0.05) is 20.8 Å². The number of ketones is 1. The Morgan fingerprint density at radius 3 is 2.70 bits per heavy atom. The summed E-state index contributed by atoms with van der Waals surface area (Å²) in [6.07, 6.45) is 0. The van der Waals surface area contributed by atoms with E-state index in [1.165, 1.54) is 6.07 Å². The third-order valence-corrected chi connectivity index (χ3v) is 4.98. The number of rotatable bonds is 1.